The lowest BCUT2D eigenvalue weighted by atomic mass is 10.1. The van der Waals surface area contributed by atoms with Crippen molar-refractivity contribution in [3.8, 4) is 5.75 Å². The summed E-state index contributed by atoms with van der Waals surface area (Å²) in [5.74, 6) is 0.594. The molecule has 90 valence electrons. The molecule has 3 N–H and O–H groups in total. The summed E-state index contributed by atoms with van der Waals surface area (Å²) >= 11 is 12.0. The van der Waals surface area contributed by atoms with Crippen LogP contribution in [-0.4, -0.2) is 20.2 Å². The fourth-order valence-electron chi connectivity index (χ4n) is 1.48. The van der Waals surface area contributed by atoms with Crippen molar-refractivity contribution in [3.05, 3.63) is 27.7 Å². The zero-order chi connectivity index (χ0) is 12.1. The molecule has 3 nitrogen and oxygen atoms in total. The number of nitrogens with two attached hydrogens (primary N) is 1. The van der Waals surface area contributed by atoms with E-state index in [1.807, 2.05) is 6.92 Å². The summed E-state index contributed by atoms with van der Waals surface area (Å²) in [7, 11) is 1.57. The Morgan fingerprint density at radius 2 is 2.12 bits per heavy atom. The molecule has 0 radical (unpaired) electrons. The van der Waals surface area contributed by atoms with Crippen LogP contribution in [0.5, 0.6) is 5.75 Å². The van der Waals surface area contributed by atoms with Gasteiger partial charge in [0.15, 0.2) is 0 Å². The summed E-state index contributed by atoms with van der Waals surface area (Å²) < 4.78 is 5.23. The third-order valence-electron chi connectivity index (χ3n) is 2.25. The Kier molecular flexibility index (Phi) is 5.35. The molecule has 1 aromatic carbocycles. The third kappa shape index (κ3) is 3.25. The lowest BCUT2D eigenvalue weighted by Crippen LogP contribution is -2.27. The Morgan fingerprint density at radius 1 is 1.44 bits per heavy atom. The highest BCUT2D eigenvalue weighted by Crippen LogP contribution is 2.34. The molecule has 0 aliphatic rings. The summed E-state index contributed by atoms with van der Waals surface area (Å²) in [6, 6.07) is 3.24. The van der Waals surface area contributed by atoms with Gasteiger partial charge >= 0.3 is 0 Å². The lowest BCUT2D eigenvalue weighted by molar-refractivity contribution is 0.404. The van der Waals surface area contributed by atoms with Crippen molar-refractivity contribution in [1.29, 1.82) is 0 Å². The van der Waals surface area contributed by atoms with E-state index in [1.54, 1.807) is 19.2 Å². The van der Waals surface area contributed by atoms with Crippen LogP contribution in [0.4, 0.5) is 0 Å². The van der Waals surface area contributed by atoms with Gasteiger partial charge in [0.1, 0.15) is 5.75 Å². The number of hydrogen-bond donors (Lipinski definition) is 2. The van der Waals surface area contributed by atoms with Crippen LogP contribution in [0.1, 0.15) is 18.5 Å². The Hall–Kier alpha value is -0.480. The summed E-state index contributed by atoms with van der Waals surface area (Å²) in [4.78, 5) is 0. The van der Waals surface area contributed by atoms with Gasteiger partial charge in [0.05, 0.1) is 12.1 Å². The number of rotatable bonds is 5. The molecule has 0 aliphatic carbocycles. The van der Waals surface area contributed by atoms with E-state index in [-0.39, 0.29) is 6.04 Å². The Morgan fingerprint density at radius 3 is 2.69 bits per heavy atom. The van der Waals surface area contributed by atoms with E-state index in [0.29, 0.717) is 22.3 Å². The molecular weight excluding hydrogens is 247 g/mol. The highest BCUT2D eigenvalue weighted by atomic mass is 35.5. The van der Waals surface area contributed by atoms with Gasteiger partial charge in [-0.2, -0.15) is 0 Å². The summed E-state index contributed by atoms with van der Waals surface area (Å²) in [6.07, 6.45) is 0. The number of halogens is 2. The van der Waals surface area contributed by atoms with Crippen LogP contribution in [-0.2, 0) is 0 Å². The van der Waals surface area contributed by atoms with Crippen LogP contribution in [0.25, 0.3) is 0 Å². The maximum Gasteiger partial charge on any atom is 0.142 e. The van der Waals surface area contributed by atoms with Crippen LogP contribution in [0.2, 0.25) is 10.0 Å². The second-order valence-corrected chi connectivity index (χ2v) is 4.27. The van der Waals surface area contributed by atoms with Crippen molar-refractivity contribution >= 4 is 23.2 Å². The molecule has 0 fully saturated rings. The second kappa shape index (κ2) is 6.30. The standard InChI is InChI=1S/C11H16Cl2N2O/c1-3-15-6-10(14)8-4-7(12)5-9(13)11(8)16-2/h4-5,10,15H,3,6,14H2,1-2H3. The Labute approximate surface area is 106 Å². The predicted octanol–water partition coefficient (Wildman–Crippen LogP) is 2.61. The first-order chi connectivity index (χ1) is 7.60. The molecule has 0 amide bonds. The van der Waals surface area contributed by atoms with Crippen molar-refractivity contribution in [2.45, 2.75) is 13.0 Å². The van der Waals surface area contributed by atoms with Gasteiger partial charge in [0.25, 0.3) is 0 Å². The highest BCUT2D eigenvalue weighted by molar-refractivity contribution is 6.35. The minimum atomic E-state index is -0.189. The zero-order valence-corrected chi connectivity index (χ0v) is 10.9. The number of likely N-dealkylation sites (N-methyl/N-ethyl adjacent to an activating group) is 1. The molecule has 0 saturated heterocycles. The van der Waals surface area contributed by atoms with E-state index in [0.717, 1.165) is 12.1 Å². The molecule has 1 rings (SSSR count). The molecule has 0 bridgehead atoms. The lowest BCUT2D eigenvalue weighted by Gasteiger charge is -2.17. The van der Waals surface area contributed by atoms with Crippen molar-refractivity contribution in [2.24, 2.45) is 5.73 Å². The maximum absolute atomic E-state index is 6.04. The molecule has 16 heavy (non-hydrogen) atoms. The number of ether oxygens (including phenoxy) is 1. The second-order valence-electron chi connectivity index (χ2n) is 3.42. The molecule has 1 atom stereocenters. The number of nitrogens with one attached hydrogen (secondary N) is 1. The van der Waals surface area contributed by atoms with E-state index in [4.69, 9.17) is 33.7 Å². The Balaban J connectivity index is 3.00. The Bertz CT molecular complexity index is 358. The number of hydrogen-bond acceptors (Lipinski definition) is 3. The van der Waals surface area contributed by atoms with E-state index in [2.05, 4.69) is 5.32 Å². The molecule has 5 heteroatoms. The molecule has 0 heterocycles. The molecular formula is C11H16Cl2N2O. The van der Waals surface area contributed by atoms with Gasteiger partial charge in [-0.05, 0) is 18.7 Å². The van der Waals surface area contributed by atoms with Gasteiger partial charge in [0, 0.05) is 23.2 Å². The first-order valence-electron chi connectivity index (χ1n) is 5.09. The van der Waals surface area contributed by atoms with Crippen molar-refractivity contribution < 1.29 is 4.74 Å². The predicted molar refractivity (Wildman–Crippen MR) is 68.5 cm³/mol. The van der Waals surface area contributed by atoms with Crippen LogP contribution < -0.4 is 15.8 Å². The molecule has 0 aliphatic heterocycles. The van der Waals surface area contributed by atoms with E-state index in [9.17, 15) is 0 Å². The molecule has 1 unspecified atom stereocenters. The van der Waals surface area contributed by atoms with Crippen LogP contribution in [0.3, 0.4) is 0 Å². The van der Waals surface area contributed by atoms with Gasteiger partial charge in [-0.15, -0.1) is 0 Å². The van der Waals surface area contributed by atoms with Crippen molar-refractivity contribution in [1.82, 2.24) is 5.32 Å². The van der Waals surface area contributed by atoms with E-state index < -0.39 is 0 Å². The van der Waals surface area contributed by atoms with E-state index >= 15 is 0 Å². The van der Waals surface area contributed by atoms with Gasteiger partial charge in [-0.3, -0.25) is 0 Å². The molecule has 0 saturated carbocycles. The first-order valence-corrected chi connectivity index (χ1v) is 5.85. The average molecular weight is 263 g/mol. The first kappa shape index (κ1) is 13.6. The number of benzene rings is 1. The quantitative estimate of drug-likeness (QED) is 0.858. The zero-order valence-electron chi connectivity index (χ0n) is 9.39. The molecule has 0 aromatic heterocycles. The monoisotopic (exact) mass is 262 g/mol. The highest BCUT2D eigenvalue weighted by Gasteiger charge is 2.15. The van der Waals surface area contributed by atoms with Gasteiger partial charge in [-0.1, -0.05) is 30.1 Å². The summed E-state index contributed by atoms with van der Waals surface area (Å²) in [5, 5.41) is 4.22. The minimum absolute atomic E-state index is 0.189. The van der Waals surface area contributed by atoms with Crippen LogP contribution in [0, 0.1) is 0 Å². The van der Waals surface area contributed by atoms with Crippen LogP contribution >= 0.6 is 23.2 Å². The van der Waals surface area contributed by atoms with Gasteiger partial charge in [-0.25, -0.2) is 0 Å². The fourth-order valence-corrected chi connectivity index (χ4v) is 2.07. The normalized spacial score (nSPS) is 12.6. The third-order valence-corrected chi connectivity index (χ3v) is 2.75. The minimum Gasteiger partial charge on any atom is -0.495 e. The van der Waals surface area contributed by atoms with Crippen LogP contribution in [0.15, 0.2) is 12.1 Å². The SMILES string of the molecule is CCNCC(N)c1cc(Cl)cc(Cl)c1OC. The van der Waals surface area contributed by atoms with E-state index in [1.165, 1.54) is 0 Å². The summed E-state index contributed by atoms with van der Waals surface area (Å²) in [6.45, 7) is 3.54. The number of methoxy groups -OCH3 is 1. The summed E-state index contributed by atoms with van der Waals surface area (Å²) in [5.41, 5.74) is 6.86. The van der Waals surface area contributed by atoms with Gasteiger partial charge < -0.3 is 15.8 Å². The van der Waals surface area contributed by atoms with Crippen molar-refractivity contribution in [3.63, 3.8) is 0 Å². The maximum atomic E-state index is 6.04. The smallest absolute Gasteiger partial charge is 0.142 e. The molecule has 0 spiro atoms. The van der Waals surface area contributed by atoms with Crippen molar-refractivity contribution in [2.75, 3.05) is 20.2 Å². The average Bonchev–Trinajstić information content (AvgIpc) is 2.24. The topological polar surface area (TPSA) is 47.3 Å². The fraction of sp³-hybridized carbons (Fsp3) is 0.455. The largest absolute Gasteiger partial charge is 0.495 e. The van der Waals surface area contributed by atoms with Gasteiger partial charge in [0.2, 0.25) is 0 Å². The molecule has 1 aromatic rings.